The summed E-state index contributed by atoms with van der Waals surface area (Å²) < 4.78 is 11.0. The van der Waals surface area contributed by atoms with E-state index in [1.165, 1.54) is 0 Å². The van der Waals surface area contributed by atoms with Gasteiger partial charge in [0.25, 0.3) is 5.91 Å². The topological polar surface area (TPSA) is 63.7 Å². The van der Waals surface area contributed by atoms with E-state index in [9.17, 15) is 4.79 Å². The maximum absolute atomic E-state index is 12.7. The first-order chi connectivity index (χ1) is 13.1. The highest BCUT2D eigenvalue weighted by Gasteiger charge is 2.12. The number of rotatable bonds is 7. The quantitative estimate of drug-likeness (QED) is 0.695. The lowest BCUT2D eigenvalue weighted by Crippen LogP contribution is -2.19. The normalized spacial score (nSPS) is 10.8. The maximum Gasteiger partial charge on any atom is 0.255 e. The molecule has 6 heteroatoms. The van der Waals surface area contributed by atoms with E-state index >= 15 is 0 Å². The zero-order valence-corrected chi connectivity index (χ0v) is 15.7. The Morgan fingerprint density at radius 1 is 1.11 bits per heavy atom. The van der Waals surface area contributed by atoms with Crippen LogP contribution in [0.15, 0.2) is 54.7 Å². The number of benzene rings is 2. The molecule has 0 saturated carbocycles. The fraction of sp³-hybridized carbons (Fsp3) is 0.238. The van der Waals surface area contributed by atoms with Crippen molar-refractivity contribution in [2.24, 2.45) is 0 Å². The number of fused-ring (bicyclic) bond motifs is 1. The van der Waals surface area contributed by atoms with E-state index in [-0.39, 0.29) is 5.91 Å². The smallest absolute Gasteiger partial charge is 0.255 e. The fourth-order valence-electron chi connectivity index (χ4n) is 2.70. The average Bonchev–Trinajstić information content (AvgIpc) is 2.68. The van der Waals surface area contributed by atoms with Gasteiger partial charge in [-0.05, 0) is 55.9 Å². The van der Waals surface area contributed by atoms with E-state index in [0.29, 0.717) is 23.7 Å². The van der Waals surface area contributed by atoms with Crippen LogP contribution in [0.1, 0.15) is 10.4 Å². The lowest BCUT2D eigenvalue weighted by Gasteiger charge is -2.12. The van der Waals surface area contributed by atoms with Crippen LogP contribution in [0.5, 0.6) is 11.6 Å². The summed E-state index contributed by atoms with van der Waals surface area (Å²) in [7, 11) is 5.55. The number of carbonyl (C=O) groups is 1. The van der Waals surface area contributed by atoms with Gasteiger partial charge in [-0.1, -0.05) is 12.1 Å². The molecule has 140 valence electrons. The Hall–Kier alpha value is -3.12. The van der Waals surface area contributed by atoms with Gasteiger partial charge in [-0.2, -0.15) is 0 Å². The van der Waals surface area contributed by atoms with Crippen molar-refractivity contribution >= 4 is 22.4 Å². The minimum absolute atomic E-state index is 0.201. The van der Waals surface area contributed by atoms with Crippen LogP contribution in [0.4, 0.5) is 5.69 Å². The Balaban J connectivity index is 1.75. The second kappa shape index (κ2) is 8.51. The fourth-order valence-corrected chi connectivity index (χ4v) is 2.70. The Bertz CT molecular complexity index is 918. The summed E-state index contributed by atoms with van der Waals surface area (Å²) in [6, 6.07) is 14.7. The van der Waals surface area contributed by atoms with E-state index < -0.39 is 0 Å². The van der Waals surface area contributed by atoms with Gasteiger partial charge in [0.15, 0.2) is 0 Å². The number of pyridine rings is 1. The van der Waals surface area contributed by atoms with Gasteiger partial charge in [0.05, 0.1) is 18.2 Å². The predicted octanol–water partition coefficient (Wildman–Crippen LogP) is 3.44. The first-order valence-electron chi connectivity index (χ1n) is 8.69. The Labute approximate surface area is 158 Å². The van der Waals surface area contributed by atoms with Crippen LogP contribution < -0.4 is 14.8 Å². The number of ether oxygens (including phenoxy) is 2. The van der Waals surface area contributed by atoms with Gasteiger partial charge in [-0.15, -0.1) is 0 Å². The Kier molecular flexibility index (Phi) is 5.88. The summed E-state index contributed by atoms with van der Waals surface area (Å²) in [6.07, 6.45) is 1.68. The number of nitrogens with zero attached hydrogens (tertiary/aromatic N) is 2. The summed E-state index contributed by atoms with van der Waals surface area (Å²) in [6.45, 7) is 1.43. The van der Waals surface area contributed by atoms with Crippen molar-refractivity contribution in [3.8, 4) is 11.6 Å². The van der Waals surface area contributed by atoms with E-state index in [0.717, 1.165) is 23.1 Å². The molecule has 1 aromatic heterocycles. The van der Waals surface area contributed by atoms with E-state index in [4.69, 9.17) is 9.47 Å². The van der Waals surface area contributed by atoms with Gasteiger partial charge >= 0.3 is 0 Å². The summed E-state index contributed by atoms with van der Waals surface area (Å²) in [5.41, 5.74) is 1.21. The molecule has 0 radical (unpaired) electrons. The van der Waals surface area contributed by atoms with Gasteiger partial charge in [-0.3, -0.25) is 4.79 Å². The summed E-state index contributed by atoms with van der Waals surface area (Å²) in [5.74, 6) is 1.02. The van der Waals surface area contributed by atoms with Gasteiger partial charge in [0.2, 0.25) is 5.88 Å². The van der Waals surface area contributed by atoms with Gasteiger partial charge in [0, 0.05) is 18.3 Å². The molecular weight excluding hydrogens is 342 g/mol. The van der Waals surface area contributed by atoms with Crippen molar-refractivity contribution in [3.63, 3.8) is 0 Å². The summed E-state index contributed by atoms with van der Waals surface area (Å²) in [5, 5.41) is 4.67. The lowest BCUT2D eigenvalue weighted by atomic mass is 10.1. The Morgan fingerprint density at radius 2 is 1.89 bits per heavy atom. The molecule has 0 bridgehead atoms. The highest BCUT2D eigenvalue weighted by molar-refractivity contribution is 6.10. The molecule has 0 saturated heterocycles. The number of amides is 1. The molecule has 1 heterocycles. The number of anilines is 1. The Morgan fingerprint density at radius 3 is 2.59 bits per heavy atom. The number of hydrogen-bond donors (Lipinski definition) is 1. The van der Waals surface area contributed by atoms with Crippen LogP contribution >= 0.6 is 0 Å². The molecule has 0 unspecified atom stereocenters. The molecule has 1 N–H and O–H groups in total. The molecule has 6 nitrogen and oxygen atoms in total. The van der Waals surface area contributed by atoms with Gasteiger partial charge in [-0.25, -0.2) is 4.98 Å². The third-order valence-electron chi connectivity index (χ3n) is 4.12. The molecule has 0 atom stereocenters. The van der Waals surface area contributed by atoms with Crippen LogP contribution in [-0.4, -0.2) is 50.1 Å². The minimum atomic E-state index is -0.201. The lowest BCUT2D eigenvalue weighted by molar-refractivity contribution is 0.102. The molecule has 2 aromatic carbocycles. The monoisotopic (exact) mass is 365 g/mol. The van der Waals surface area contributed by atoms with E-state index in [1.54, 1.807) is 37.6 Å². The molecule has 1 amide bonds. The van der Waals surface area contributed by atoms with Crippen LogP contribution in [0.3, 0.4) is 0 Å². The summed E-state index contributed by atoms with van der Waals surface area (Å²) >= 11 is 0. The molecule has 0 fully saturated rings. The SMILES string of the molecule is COc1nccc2cccc(NC(=O)c3ccc(OCCN(C)C)cc3)c12. The third-order valence-corrected chi connectivity index (χ3v) is 4.12. The number of nitrogens with one attached hydrogen (secondary N) is 1. The second-order valence-corrected chi connectivity index (χ2v) is 6.35. The maximum atomic E-state index is 12.7. The number of aromatic nitrogens is 1. The zero-order valence-electron chi connectivity index (χ0n) is 15.7. The molecule has 3 aromatic rings. The molecule has 0 aliphatic carbocycles. The van der Waals surface area contributed by atoms with Crippen LogP contribution in [0.2, 0.25) is 0 Å². The average molecular weight is 365 g/mol. The third kappa shape index (κ3) is 4.54. The number of hydrogen-bond acceptors (Lipinski definition) is 5. The van der Waals surface area contributed by atoms with Crippen molar-refractivity contribution in [3.05, 3.63) is 60.3 Å². The molecular formula is C21H23N3O3. The van der Waals surface area contributed by atoms with Gasteiger partial charge in [0.1, 0.15) is 12.4 Å². The largest absolute Gasteiger partial charge is 0.492 e. The van der Waals surface area contributed by atoms with Crippen molar-refractivity contribution in [1.29, 1.82) is 0 Å². The molecule has 27 heavy (non-hydrogen) atoms. The molecule has 0 aliphatic rings. The first kappa shape index (κ1) is 18.7. The van der Waals surface area contributed by atoms with Crippen molar-refractivity contribution in [2.75, 3.05) is 39.7 Å². The molecule has 3 rings (SSSR count). The number of carbonyl (C=O) groups excluding carboxylic acids is 1. The molecule has 0 aliphatic heterocycles. The second-order valence-electron chi connectivity index (χ2n) is 6.35. The van der Waals surface area contributed by atoms with Gasteiger partial charge < -0.3 is 19.7 Å². The standard InChI is InChI=1S/C21H23N3O3/c1-24(2)13-14-27-17-9-7-16(8-10-17)20(25)23-18-6-4-5-15-11-12-22-21(26-3)19(15)18/h4-12H,13-14H2,1-3H3,(H,23,25). The number of likely N-dealkylation sites (N-methyl/N-ethyl adjacent to an activating group) is 1. The minimum Gasteiger partial charge on any atom is -0.492 e. The van der Waals surface area contributed by atoms with Crippen molar-refractivity contribution < 1.29 is 14.3 Å². The van der Waals surface area contributed by atoms with Crippen molar-refractivity contribution in [2.45, 2.75) is 0 Å². The van der Waals surface area contributed by atoms with Crippen LogP contribution in [0.25, 0.3) is 10.8 Å². The number of methoxy groups -OCH3 is 1. The molecule has 0 spiro atoms. The van der Waals surface area contributed by atoms with Crippen LogP contribution in [0, 0.1) is 0 Å². The first-order valence-corrected chi connectivity index (χ1v) is 8.69. The highest BCUT2D eigenvalue weighted by Crippen LogP contribution is 2.30. The van der Waals surface area contributed by atoms with E-state index in [2.05, 4.69) is 15.2 Å². The summed E-state index contributed by atoms with van der Waals surface area (Å²) in [4.78, 5) is 18.9. The van der Waals surface area contributed by atoms with E-state index in [1.807, 2.05) is 38.4 Å². The zero-order chi connectivity index (χ0) is 19.2. The highest BCUT2D eigenvalue weighted by atomic mass is 16.5. The van der Waals surface area contributed by atoms with Crippen molar-refractivity contribution in [1.82, 2.24) is 9.88 Å². The predicted molar refractivity (Wildman–Crippen MR) is 107 cm³/mol. The van der Waals surface area contributed by atoms with Crippen LogP contribution in [-0.2, 0) is 0 Å².